The zero-order valence-electron chi connectivity index (χ0n) is 11.7. The average molecular weight is 265 g/mol. The van der Waals surface area contributed by atoms with E-state index in [9.17, 15) is 9.90 Å². The van der Waals surface area contributed by atoms with E-state index in [4.69, 9.17) is 10.5 Å². The first kappa shape index (κ1) is 13.1. The fourth-order valence-corrected chi connectivity index (χ4v) is 4.65. The minimum Gasteiger partial charge on any atom is -0.389 e. The van der Waals surface area contributed by atoms with Gasteiger partial charge in [0.15, 0.2) is 0 Å². The van der Waals surface area contributed by atoms with Gasteiger partial charge in [-0.3, -0.25) is 4.79 Å². The Balaban J connectivity index is 1.74. The summed E-state index contributed by atoms with van der Waals surface area (Å²) in [6.45, 7) is 4.63. The Kier molecular flexibility index (Phi) is 2.81. The zero-order valence-corrected chi connectivity index (χ0v) is 11.7. The highest BCUT2D eigenvalue weighted by atomic mass is 16.5. The Morgan fingerprint density at radius 1 is 1.63 bits per heavy atom. The predicted molar refractivity (Wildman–Crippen MR) is 71.2 cm³/mol. The third-order valence-corrected chi connectivity index (χ3v) is 5.84. The van der Waals surface area contributed by atoms with Crippen LogP contribution in [0, 0.1) is 17.3 Å². The van der Waals surface area contributed by atoms with E-state index in [-0.39, 0.29) is 11.0 Å². The number of hydrogen-bond donors (Lipinski definition) is 2. The molecule has 3 saturated carbocycles. The van der Waals surface area contributed by atoms with Crippen LogP contribution >= 0.6 is 0 Å². The van der Waals surface area contributed by atoms with Gasteiger partial charge in [0.05, 0.1) is 18.3 Å². The van der Waals surface area contributed by atoms with Gasteiger partial charge in [0.1, 0.15) is 0 Å². The van der Waals surface area contributed by atoms with Crippen LogP contribution in [0.25, 0.3) is 0 Å². The SMILES string of the molecule is C/C(=C\[C@@H](O)C[C@]12CO[C@]3(C)CC[C@H]1C[C@H]23)C(N)=O. The van der Waals surface area contributed by atoms with Gasteiger partial charge in [-0.2, -0.15) is 0 Å². The van der Waals surface area contributed by atoms with E-state index < -0.39 is 12.0 Å². The molecule has 1 amide bonds. The first-order valence-electron chi connectivity index (χ1n) is 7.18. The average Bonchev–Trinajstić information content (AvgIpc) is 2.46. The van der Waals surface area contributed by atoms with Crippen LogP contribution in [0.4, 0.5) is 0 Å². The molecule has 4 bridgehead atoms. The van der Waals surface area contributed by atoms with E-state index in [0.717, 1.165) is 13.0 Å². The second-order valence-electron chi connectivity index (χ2n) is 6.84. The number of carbonyl (C=O) groups is 1. The van der Waals surface area contributed by atoms with Crippen LogP contribution in [0.2, 0.25) is 0 Å². The summed E-state index contributed by atoms with van der Waals surface area (Å²) in [6, 6.07) is 0. The highest BCUT2D eigenvalue weighted by Gasteiger charge is 2.69. The highest BCUT2D eigenvalue weighted by molar-refractivity contribution is 5.91. The van der Waals surface area contributed by atoms with Gasteiger partial charge in [0.25, 0.3) is 0 Å². The largest absolute Gasteiger partial charge is 0.389 e. The Labute approximate surface area is 114 Å². The summed E-state index contributed by atoms with van der Waals surface area (Å²) in [4.78, 5) is 11.0. The Morgan fingerprint density at radius 3 is 3.00 bits per heavy atom. The van der Waals surface area contributed by atoms with Crippen LogP contribution in [-0.2, 0) is 9.53 Å². The summed E-state index contributed by atoms with van der Waals surface area (Å²) in [5, 5.41) is 10.2. The van der Waals surface area contributed by atoms with Crippen molar-refractivity contribution in [2.24, 2.45) is 23.0 Å². The van der Waals surface area contributed by atoms with Crippen molar-refractivity contribution < 1.29 is 14.6 Å². The molecule has 4 nitrogen and oxygen atoms in total. The Bertz CT molecular complexity index is 445. The third kappa shape index (κ3) is 1.77. The number of ether oxygens (including phenoxy) is 1. The molecule has 3 N–H and O–H groups in total. The minimum absolute atomic E-state index is 0.0247. The van der Waals surface area contributed by atoms with Gasteiger partial charge in [-0.15, -0.1) is 0 Å². The number of primary amides is 1. The maximum Gasteiger partial charge on any atom is 0.244 e. The van der Waals surface area contributed by atoms with Gasteiger partial charge in [-0.05, 0) is 57.4 Å². The van der Waals surface area contributed by atoms with Crippen LogP contribution in [0.15, 0.2) is 11.6 Å². The maximum absolute atomic E-state index is 11.0. The lowest BCUT2D eigenvalue weighted by atomic mass is 9.43. The quantitative estimate of drug-likeness (QED) is 0.754. The molecule has 4 aliphatic rings. The number of fused-ring (bicyclic) bond motifs is 1. The monoisotopic (exact) mass is 265 g/mol. The molecule has 1 heterocycles. The van der Waals surface area contributed by atoms with Gasteiger partial charge >= 0.3 is 0 Å². The van der Waals surface area contributed by atoms with Crippen LogP contribution < -0.4 is 5.73 Å². The number of hydrogen-bond acceptors (Lipinski definition) is 3. The fourth-order valence-electron chi connectivity index (χ4n) is 4.65. The van der Waals surface area contributed by atoms with Crippen LogP contribution in [0.3, 0.4) is 0 Å². The Morgan fingerprint density at radius 2 is 2.37 bits per heavy atom. The molecule has 4 fully saturated rings. The van der Waals surface area contributed by atoms with Crippen LogP contribution in [0.5, 0.6) is 0 Å². The van der Waals surface area contributed by atoms with Crippen molar-refractivity contribution in [3.8, 4) is 0 Å². The lowest BCUT2D eigenvalue weighted by Crippen LogP contribution is -2.58. The van der Waals surface area contributed by atoms with Crippen molar-refractivity contribution in [2.75, 3.05) is 6.61 Å². The Hall–Kier alpha value is -0.870. The predicted octanol–water partition coefficient (Wildman–Crippen LogP) is 1.37. The van der Waals surface area contributed by atoms with Gasteiger partial charge < -0.3 is 15.6 Å². The van der Waals surface area contributed by atoms with Gasteiger partial charge in [0, 0.05) is 11.0 Å². The number of aliphatic hydroxyl groups is 1. The topological polar surface area (TPSA) is 72.6 Å². The molecule has 106 valence electrons. The van der Waals surface area contributed by atoms with Crippen molar-refractivity contribution in [2.45, 2.75) is 51.2 Å². The van der Waals surface area contributed by atoms with Crippen molar-refractivity contribution >= 4 is 5.91 Å². The standard InChI is InChI=1S/C15H23NO3/c1-9(13(16)18)5-11(17)7-15-8-19-14(2)4-3-10(15)6-12(14)15/h5,10-12,17H,3-4,6-8H2,1-2H3,(H2,16,18)/b9-5+/t10-,11+,12-,14+,15-/m0/s1. The molecule has 5 atom stereocenters. The minimum atomic E-state index is -0.596. The molecule has 3 aliphatic carbocycles. The molecule has 0 aromatic heterocycles. The van der Waals surface area contributed by atoms with E-state index in [0.29, 0.717) is 23.8 Å². The lowest BCUT2D eigenvalue weighted by Gasteiger charge is -2.59. The molecule has 0 unspecified atom stereocenters. The number of nitrogens with two attached hydrogens (primary N) is 1. The van der Waals surface area contributed by atoms with E-state index in [1.807, 2.05) is 0 Å². The summed E-state index contributed by atoms with van der Waals surface area (Å²) in [7, 11) is 0. The number of rotatable bonds is 4. The first-order valence-corrected chi connectivity index (χ1v) is 7.18. The van der Waals surface area contributed by atoms with Crippen molar-refractivity contribution in [1.29, 1.82) is 0 Å². The van der Waals surface area contributed by atoms with Gasteiger partial charge in [0.2, 0.25) is 5.91 Å². The van der Waals surface area contributed by atoms with Crippen molar-refractivity contribution in [1.82, 2.24) is 0 Å². The number of amides is 1. The molecule has 0 aromatic carbocycles. The van der Waals surface area contributed by atoms with Crippen LogP contribution in [-0.4, -0.2) is 29.3 Å². The van der Waals surface area contributed by atoms with E-state index in [2.05, 4.69) is 6.92 Å². The molecule has 0 radical (unpaired) electrons. The highest BCUT2D eigenvalue weighted by Crippen LogP contribution is 2.70. The van der Waals surface area contributed by atoms with Crippen molar-refractivity contribution in [3.05, 3.63) is 11.6 Å². The van der Waals surface area contributed by atoms with Gasteiger partial charge in [-0.1, -0.05) is 0 Å². The number of carbonyl (C=O) groups excluding carboxylic acids is 1. The second kappa shape index (κ2) is 4.06. The molecule has 1 saturated heterocycles. The normalized spacial score (nSPS) is 45.7. The summed E-state index contributed by atoms with van der Waals surface area (Å²) >= 11 is 0. The van der Waals surface area contributed by atoms with E-state index in [1.165, 1.54) is 12.8 Å². The molecular formula is C15H23NO3. The summed E-state index contributed by atoms with van der Waals surface area (Å²) in [5.74, 6) is 0.804. The fraction of sp³-hybridized carbons (Fsp3) is 0.800. The van der Waals surface area contributed by atoms with E-state index >= 15 is 0 Å². The van der Waals surface area contributed by atoms with E-state index in [1.54, 1.807) is 13.0 Å². The molecule has 4 rings (SSSR count). The number of aliphatic hydroxyl groups excluding tert-OH is 1. The first-order chi connectivity index (χ1) is 8.87. The summed E-state index contributed by atoms with van der Waals surface area (Å²) < 4.78 is 6.05. The molecule has 0 spiro atoms. The van der Waals surface area contributed by atoms with Gasteiger partial charge in [-0.25, -0.2) is 0 Å². The maximum atomic E-state index is 11.0. The van der Waals surface area contributed by atoms with Crippen LogP contribution in [0.1, 0.15) is 39.5 Å². The summed E-state index contributed by atoms with van der Waals surface area (Å²) in [5.41, 5.74) is 5.81. The molecular weight excluding hydrogens is 242 g/mol. The summed E-state index contributed by atoms with van der Waals surface area (Å²) in [6.07, 6.45) is 5.29. The molecule has 4 heteroatoms. The third-order valence-electron chi connectivity index (χ3n) is 5.84. The smallest absolute Gasteiger partial charge is 0.244 e. The lowest BCUT2D eigenvalue weighted by molar-refractivity contribution is -0.122. The zero-order chi connectivity index (χ0) is 13.8. The molecule has 1 aliphatic heterocycles. The second-order valence-corrected chi connectivity index (χ2v) is 6.84. The molecule has 0 aromatic rings. The molecule has 19 heavy (non-hydrogen) atoms. The van der Waals surface area contributed by atoms with Crippen molar-refractivity contribution in [3.63, 3.8) is 0 Å².